The number of nitro benzene ring substituents is 1. The van der Waals surface area contributed by atoms with E-state index >= 15 is 0 Å². The lowest BCUT2D eigenvalue weighted by Gasteiger charge is -2.20. The van der Waals surface area contributed by atoms with E-state index in [1.54, 1.807) is 6.92 Å². The first kappa shape index (κ1) is 13.7. The van der Waals surface area contributed by atoms with Crippen molar-refractivity contribution in [1.82, 2.24) is 0 Å². The van der Waals surface area contributed by atoms with Crippen molar-refractivity contribution in [1.29, 1.82) is 0 Å². The molecule has 1 aliphatic rings. The molecule has 0 atom stereocenters. The number of ketones is 2. The van der Waals surface area contributed by atoms with Crippen molar-refractivity contribution >= 4 is 28.6 Å². The Bertz CT molecular complexity index is 887. The van der Waals surface area contributed by atoms with Crippen LogP contribution in [0.15, 0.2) is 24.3 Å². The zero-order valence-electron chi connectivity index (χ0n) is 11.5. The Balaban J connectivity index is 2.41. The fourth-order valence-corrected chi connectivity index (χ4v) is 2.70. The second-order valence-corrected chi connectivity index (χ2v) is 5.04. The van der Waals surface area contributed by atoms with Crippen LogP contribution in [0.3, 0.4) is 0 Å². The molecule has 0 spiro atoms. The molecule has 2 aromatic carbocycles. The Labute approximate surface area is 124 Å². The third-order valence-electron chi connectivity index (χ3n) is 3.84. The fourth-order valence-electron chi connectivity index (χ4n) is 2.70. The number of hydrogen-bond donors (Lipinski definition) is 2. The molecule has 0 fully saturated rings. The lowest BCUT2D eigenvalue weighted by molar-refractivity contribution is -0.384. The Morgan fingerprint density at radius 3 is 2.00 bits per heavy atom. The summed E-state index contributed by atoms with van der Waals surface area (Å²) in [5, 5.41) is 11.2. The van der Waals surface area contributed by atoms with Gasteiger partial charge in [0.2, 0.25) is 5.78 Å². The van der Waals surface area contributed by atoms with Gasteiger partial charge in [-0.3, -0.25) is 19.7 Å². The van der Waals surface area contributed by atoms with Crippen LogP contribution in [0.5, 0.6) is 0 Å². The zero-order valence-corrected chi connectivity index (χ0v) is 11.5. The van der Waals surface area contributed by atoms with Crippen LogP contribution in [0, 0.1) is 17.0 Å². The highest BCUT2D eigenvalue weighted by molar-refractivity contribution is 6.31. The summed E-state index contributed by atoms with van der Waals surface area (Å²) in [6.45, 7) is 1.63. The van der Waals surface area contributed by atoms with Crippen LogP contribution < -0.4 is 11.5 Å². The number of hydrogen-bond acceptors (Lipinski definition) is 6. The third kappa shape index (κ3) is 1.62. The van der Waals surface area contributed by atoms with Crippen LogP contribution in [0.25, 0.3) is 0 Å². The highest BCUT2D eigenvalue weighted by atomic mass is 16.6. The van der Waals surface area contributed by atoms with E-state index in [2.05, 4.69) is 0 Å². The van der Waals surface area contributed by atoms with E-state index in [-0.39, 0.29) is 27.9 Å². The molecule has 4 N–H and O–H groups in total. The molecule has 0 unspecified atom stereocenters. The summed E-state index contributed by atoms with van der Waals surface area (Å²) in [6.07, 6.45) is 0. The van der Waals surface area contributed by atoms with E-state index in [0.29, 0.717) is 11.3 Å². The summed E-state index contributed by atoms with van der Waals surface area (Å²) >= 11 is 0. The normalized spacial score (nSPS) is 12.8. The molecule has 0 bridgehead atoms. The summed E-state index contributed by atoms with van der Waals surface area (Å²) in [6, 6.07) is 5.51. The van der Waals surface area contributed by atoms with Crippen LogP contribution in [0.1, 0.15) is 37.4 Å². The second-order valence-electron chi connectivity index (χ2n) is 5.04. The number of nitro groups is 1. The molecule has 22 heavy (non-hydrogen) atoms. The topological polar surface area (TPSA) is 129 Å². The highest BCUT2D eigenvalue weighted by Gasteiger charge is 2.37. The summed E-state index contributed by atoms with van der Waals surface area (Å²) in [5.74, 6) is -1.05. The fraction of sp³-hybridized carbons (Fsp3) is 0.0667. The first-order valence-electron chi connectivity index (χ1n) is 6.40. The molecule has 1 aliphatic carbocycles. The number of carbonyl (C=O) groups excluding carboxylic acids is 2. The van der Waals surface area contributed by atoms with Crippen molar-refractivity contribution in [3.05, 3.63) is 62.2 Å². The number of rotatable bonds is 1. The molecule has 0 saturated carbocycles. The monoisotopic (exact) mass is 297 g/mol. The van der Waals surface area contributed by atoms with Gasteiger partial charge in [-0.25, -0.2) is 0 Å². The van der Waals surface area contributed by atoms with Gasteiger partial charge in [-0.15, -0.1) is 0 Å². The van der Waals surface area contributed by atoms with Gasteiger partial charge in [-0.2, -0.15) is 0 Å². The SMILES string of the molecule is Cc1c(N)ccc2c1C(=O)c1ccc(N)c([N+](=O)[O-])c1C2=O. The van der Waals surface area contributed by atoms with Crippen molar-refractivity contribution in [3.63, 3.8) is 0 Å². The Kier molecular flexibility index (Phi) is 2.74. The van der Waals surface area contributed by atoms with E-state index in [0.717, 1.165) is 0 Å². The van der Waals surface area contributed by atoms with E-state index in [9.17, 15) is 19.7 Å². The summed E-state index contributed by atoms with van der Waals surface area (Å²) in [4.78, 5) is 35.8. The largest absolute Gasteiger partial charge is 0.398 e. The van der Waals surface area contributed by atoms with Crippen LogP contribution in [0.4, 0.5) is 17.1 Å². The molecular formula is C15H11N3O4. The molecule has 3 rings (SSSR count). The minimum absolute atomic E-state index is 0.0212. The number of fused-ring (bicyclic) bond motifs is 2. The van der Waals surface area contributed by atoms with Gasteiger partial charge in [-0.05, 0) is 36.8 Å². The lowest BCUT2D eigenvalue weighted by Crippen LogP contribution is -2.24. The molecule has 0 heterocycles. The van der Waals surface area contributed by atoms with Gasteiger partial charge in [0.1, 0.15) is 11.3 Å². The van der Waals surface area contributed by atoms with Gasteiger partial charge in [-0.1, -0.05) is 0 Å². The first-order chi connectivity index (χ1) is 10.3. The molecular weight excluding hydrogens is 286 g/mol. The minimum atomic E-state index is -0.742. The number of anilines is 2. The number of nitrogen functional groups attached to an aromatic ring is 2. The smallest absolute Gasteiger partial charge is 0.303 e. The van der Waals surface area contributed by atoms with Gasteiger partial charge in [0.15, 0.2) is 5.78 Å². The predicted octanol–water partition coefficient (Wildman–Crippen LogP) is 1.84. The zero-order chi connectivity index (χ0) is 16.2. The molecule has 0 saturated heterocycles. The maximum atomic E-state index is 12.6. The van der Waals surface area contributed by atoms with Gasteiger partial charge in [0.05, 0.1) is 4.92 Å². The Morgan fingerprint density at radius 1 is 0.909 bits per heavy atom. The standard InChI is InChI=1S/C15H11N3O4/c1-6-9(16)4-2-7-11(6)14(19)8-3-5-10(17)13(18(21)22)12(8)15(7)20/h2-5H,16-17H2,1H3. The lowest BCUT2D eigenvalue weighted by atomic mass is 9.80. The summed E-state index contributed by atoms with van der Waals surface area (Å²) < 4.78 is 0. The van der Waals surface area contributed by atoms with Crippen molar-refractivity contribution < 1.29 is 14.5 Å². The van der Waals surface area contributed by atoms with Crippen molar-refractivity contribution in [2.75, 3.05) is 11.5 Å². The van der Waals surface area contributed by atoms with Gasteiger partial charge >= 0.3 is 5.69 Å². The van der Waals surface area contributed by atoms with Crippen LogP contribution in [-0.4, -0.2) is 16.5 Å². The molecule has 7 nitrogen and oxygen atoms in total. The molecule has 110 valence electrons. The van der Waals surface area contributed by atoms with Crippen molar-refractivity contribution in [2.45, 2.75) is 6.92 Å². The molecule has 2 aromatic rings. The van der Waals surface area contributed by atoms with Crippen LogP contribution in [-0.2, 0) is 0 Å². The predicted molar refractivity (Wildman–Crippen MR) is 80.0 cm³/mol. The quantitative estimate of drug-likeness (QED) is 0.400. The van der Waals surface area contributed by atoms with Gasteiger partial charge < -0.3 is 11.5 Å². The van der Waals surface area contributed by atoms with Crippen LogP contribution >= 0.6 is 0 Å². The highest BCUT2D eigenvalue weighted by Crippen LogP contribution is 2.38. The maximum Gasteiger partial charge on any atom is 0.303 e. The number of nitrogens with two attached hydrogens (primary N) is 2. The summed E-state index contributed by atoms with van der Waals surface area (Å²) in [7, 11) is 0. The van der Waals surface area contributed by atoms with E-state index in [4.69, 9.17) is 11.5 Å². The van der Waals surface area contributed by atoms with Crippen LogP contribution in [0.2, 0.25) is 0 Å². The molecule has 0 radical (unpaired) electrons. The molecule has 0 aromatic heterocycles. The van der Waals surface area contributed by atoms with Crippen molar-refractivity contribution in [3.8, 4) is 0 Å². The molecule has 7 heteroatoms. The molecule has 0 aliphatic heterocycles. The minimum Gasteiger partial charge on any atom is -0.398 e. The van der Waals surface area contributed by atoms with Gasteiger partial charge in [0.25, 0.3) is 0 Å². The second kappa shape index (κ2) is 4.39. The molecule has 0 amide bonds. The van der Waals surface area contributed by atoms with E-state index in [1.165, 1.54) is 24.3 Å². The Morgan fingerprint density at radius 2 is 1.41 bits per heavy atom. The maximum absolute atomic E-state index is 12.6. The van der Waals surface area contributed by atoms with E-state index < -0.39 is 22.2 Å². The van der Waals surface area contributed by atoms with Gasteiger partial charge in [0, 0.05) is 22.4 Å². The number of nitrogens with zero attached hydrogens (tertiary/aromatic N) is 1. The average molecular weight is 297 g/mol. The average Bonchev–Trinajstić information content (AvgIpc) is 2.46. The summed E-state index contributed by atoms with van der Waals surface area (Å²) in [5.41, 5.74) is 11.6. The first-order valence-corrected chi connectivity index (χ1v) is 6.40. The third-order valence-corrected chi connectivity index (χ3v) is 3.84. The van der Waals surface area contributed by atoms with E-state index in [1.807, 2.05) is 0 Å². The Hall–Kier alpha value is -3.22. The number of carbonyl (C=O) groups is 2. The van der Waals surface area contributed by atoms with Crippen molar-refractivity contribution in [2.24, 2.45) is 0 Å². The number of benzene rings is 2.